The number of aliphatic hydroxyl groups excluding tert-OH is 1. The Morgan fingerprint density at radius 2 is 2.12 bits per heavy atom. The fourth-order valence-electron chi connectivity index (χ4n) is 3.09. The number of nitrogens with one attached hydrogen (secondary N) is 1. The van der Waals surface area contributed by atoms with E-state index in [0.29, 0.717) is 6.54 Å². The van der Waals surface area contributed by atoms with Gasteiger partial charge in [-0.25, -0.2) is 4.39 Å². The van der Waals surface area contributed by atoms with Gasteiger partial charge in [-0.05, 0) is 43.5 Å². The van der Waals surface area contributed by atoms with E-state index in [1.165, 1.54) is 6.07 Å². The molecule has 1 fully saturated rings. The summed E-state index contributed by atoms with van der Waals surface area (Å²) in [6.07, 6.45) is 2.93. The van der Waals surface area contributed by atoms with Crippen LogP contribution in [-0.2, 0) is 13.6 Å². The first-order chi connectivity index (χ1) is 11.5. The van der Waals surface area contributed by atoms with Crippen molar-refractivity contribution in [3.05, 3.63) is 41.7 Å². The number of halogens is 1. The summed E-state index contributed by atoms with van der Waals surface area (Å²) >= 11 is 0. The molecule has 0 amide bonds. The SMILES string of the molecule is CC(NCc1nncn1C)c1cc(F)ccc1N1CCC(O)CC1. The Balaban J connectivity index is 1.75. The van der Waals surface area contributed by atoms with E-state index in [0.717, 1.165) is 43.0 Å². The van der Waals surface area contributed by atoms with Gasteiger partial charge in [0.05, 0.1) is 12.6 Å². The molecule has 0 bridgehead atoms. The molecule has 1 aliphatic heterocycles. The summed E-state index contributed by atoms with van der Waals surface area (Å²) < 4.78 is 15.7. The largest absolute Gasteiger partial charge is 0.393 e. The van der Waals surface area contributed by atoms with Crippen molar-refractivity contribution in [1.82, 2.24) is 20.1 Å². The molecule has 0 saturated carbocycles. The van der Waals surface area contributed by atoms with E-state index >= 15 is 0 Å². The zero-order valence-electron chi connectivity index (χ0n) is 14.1. The molecular formula is C17H24FN5O. The van der Waals surface area contributed by atoms with Gasteiger partial charge in [0.15, 0.2) is 0 Å². The van der Waals surface area contributed by atoms with Crippen LogP contribution in [0.4, 0.5) is 10.1 Å². The Bertz CT molecular complexity index is 681. The standard InChI is InChI=1S/C17H24FN5O/c1-12(19-10-17-21-20-11-22(17)2)15-9-13(18)3-4-16(15)23-7-5-14(24)6-8-23/h3-4,9,11-12,14,19,24H,5-8,10H2,1-2H3. The summed E-state index contributed by atoms with van der Waals surface area (Å²) in [5, 5.41) is 21.0. The molecule has 0 spiro atoms. The van der Waals surface area contributed by atoms with Gasteiger partial charge in [-0.15, -0.1) is 10.2 Å². The number of anilines is 1. The third-order valence-electron chi connectivity index (χ3n) is 4.63. The van der Waals surface area contributed by atoms with Crippen molar-refractivity contribution in [3.63, 3.8) is 0 Å². The van der Waals surface area contributed by atoms with E-state index in [9.17, 15) is 9.50 Å². The number of piperidine rings is 1. The lowest BCUT2D eigenvalue weighted by Gasteiger charge is -2.34. The smallest absolute Gasteiger partial charge is 0.146 e. The third kappa shape index (κ3) is 3.73. The van der Waals surface area contributed by atoms with Crippen molar-refractivity contribution in [2.45, 2.75) is 38.5 Å². The van der Waals surface area contributed by atoms with Crippen LogP contribution < -0.4 is 10.2 Å². The predicted molar refractivity (Wildman–Crippen MR) is 90.1 cm³/mol. The highest BCUT2D eigenvalue weighted by molar-refractivity contribution is 5.55. The average molecular weight is 333 g/mol. The molecule has 1 saturated heterocycles. The third-order valence-corrected chi connectivity index (χ3v) is 4.63. The number of aryl methyl sites for hydroxylation is 1. The number of hydrogen-bond donors (Lipinski definition) is 2. The number of benzene rings is 1. The molecule has 2 aromatic rings. The fourth-order valence-corrected chi connectivity index (χ4v) is 3.09. The normalized spacial score (nSPS) is 17.2. The van der Waals surface area contributed by atoms with Crippen molar-refractivity contribution < 1.29 is 9.50 Å². The van der Waals surface area contributed by atoms with Crippen LogP contribution in [0.1, 0.15) is 37.2 Å². The Kier molecular flexibility index (Phi) is 5.11. The molecule has 2 N–H and O–H groups in total. The summed E-state index contributed by atoms with van der Waals surface area (Å²) in [6.45, 7) is 4.16. The van der Waals surface area contributed by atoms with Gasteiger partial charge >= 0.3 is 0 Å². The molecule has 1 atom stereocenters. The van der Waals surface area contributed by atoms with E-state index in [-0.39, 0.29) is 18.0 Å². The van der Waals surface area contributed by atoms with Crippen molar-refractivity contribution in [2.24, 2.45) is 7.05 Å². The van der Waals surface area contributed by atoms with Gasteiger partial charge < -0.3 is 19.9 Å². The second kappa shape index (κ2) is 7.27. The van der Waals surface area contributed by atoms with E-state index in [1.807, 2.05) is 24.6 Å². The van der Waals surface area contributed by atoms with E-state index < -0.39 is 0 Å². The summed E-state index contributed by atoms with van der Waals surface area (Å²) in [5.41, 5.74) is 1.95. The zero-order valence-corrected chi connectivity index (χ0v) is 14.1. The first-order valence-corrected chi connectivity index (χ1v) is 8.33. The highest BCUT2D eigenvalue weighted by Gasteiger charge is 2.21. The Hall–Kier alpha value is -1.99. The molecule has 3 rings (SSSR count). The average Bonchev–Trinajstić information content (AvgIpc) is 2.98. The predicted octanol–water partition coefficient (Wildman–Crippen LogP) is 1.77. The molecule has 0 aliphatic carbocycles. The zero-order chi connectivity index (χ0) is 17.1. The van der Waals surface area contributed by atoms with Crippen LogP contribution in [0.15, 0.2) is 24.5 Å². The van der Waals surface area contributed by atoms with Crippen LogP contribution >= 0.6 is 0 Å². The quantitative estimate of drug-likeness (QED) is 0.873. The van der Waals surface area contributed by atoms with Gasteiger partial charge in [0.2, 0.25) is 0 Å². The number of rotatable bonds is 5. The Morgan fingerprint density at radius 1 is 1.38 bits per heavy atom. The van der Waals surface area contributed by atoms with Crippen molar-refractivity contribution in [3.8, 4) is 0 Å². The summed E-state index contributed by atoms with van der Waals surface area (Å²) in [4.78, 5) is 2.22. The van der Waals surface area contributed by atoms with Crippen LogP contribution in [0, 0.1) is 5.82 Å². The van der Waals surface area contributed by atoms with Crippen LogP contribution in [0.5, 0.6) is 0 Å². The van der Waals surface area contributed by atoms with Crippen LogP contribution in [0.25, 0.3) is 0 Å². The molecule has 6 nitrogen and oxygen atoms in total. The molecule has 1 aromatic heterocycles. The van der Waals surface area contributed by atoms with Crippen molar-refractivity contribution >= 4 is 5.69 Å². The van der Waals surface area contributed by atoms with Gasteiger partial charge in [-0.1, -0.05) is 0 Å². The van der Waals surface area contributed by atoms with Gasteiger partial charge in [0, 0.05) is 31.9 Å². The molecule has 24 heavy (non-hydrogen) atoms. The second-order valence-corrected chi connectivity index (χ2v) is 6.38. The lowest BCUT2D eigenvalue weighted by Crippen LogP contribution is -2.37. The molecule has 2 heterocycles. The summed E-state index contributed by atoms with van der Waals surface area (Å²) in [6, 6.07) is 4.90. The number of hydrogen-bond acceptors (Lipinski definition) is 5. The van der Waals surface area contributed by atoms with Crippen molar-refractivity contribution in [2.75, 3.05) is 18.0 Å². The van der Waals surface area contributed by atoms with Crippen LogP contribution in [0.3, 0.4) is 0 Å². The molecule has 1 aromatic carbocycles. The van der Waals surface area contributed by atoms with Gasteiger partial charge in [0.25, 0.3) is 0 Å². The first kappa shape index (κ1) is 16.9. The molecule has 1 aliphatic rings. The Morgan fingerprint density at radius 3 is 2.79 bits per heavy atom. The summed E-state index contributed by atoms with van der Waals surface area (Å²) in [5.74, 6) is 0.596. The minimum absolute atomic E-state index is 0.0285. The Labute approximate surface area is 141 Å². The number of aliphatic hydroxyl groups is 1. The maximum atomic E-state index is 13.8. The topological polar surface area (TPSA) is 66.2 Å². The lowest BCUT2D eigenvalue weighted by molar-refractivity contribution is 0.145. The maximum absolute atomic E-state index is 13.8. The maximum Gasteiger partial charge on any atom is 0.146 e. The van der Waals surface area contributed by atoms with Crippen LogP contribution in [0.2, 0.25) is 0 Å². The number of aromatic nitrogens is 3. The fraction of sp³-hybridized carbons (Fsp3) is 0.529. The lowest BCUT2D eigenvalue weighted by atomic mass is 10.0. The monoisotopic (exact) mass is 333 g/mol. The van der Waals surface area contributed by atoms with Crippen molar-refractivity contribution in [1.29, 1.82) is 0 Å². The molecule has 0 radical (unpaired) electrons. The molecule has 7 heteroatoms. The highest BCUT2D eigenvalue weighted by Crippen LogP contribution is 2.29. The van der Waals surface area contributed by atoms with Gasteiger partial charge in [-0.2, -0.15) is 0 Å². The number of nitrogens with zero attached hydrogens (tertiary/aromatic N) is 4. The van der Waals surface area contributed by atoms with Crippen LogP contribution in [-0.4, -0.2) is 39.1 Å². The van der Waals surface area contributed by atoms with E-state index in [2.05, 4.69) is 20.4 Å². The molecule has 130 valence electrons. The minimum atomic E-state index is -0.238. The van der Waals surface area contributed by atoms with E-state index in [4.69, 9.17) is 0 Å². The second-order valence-electron chi connectivity index (χ2n) is 6.38. The molecular weight excluding hydrogens is 309 g/mol. The van der Waals surface area contributed by atoms with Gasteiger partial charge in [0.1, 0.15) is 18.0 Å². The molecule has 1 unspecified atom stereocenters. The first-order valence-electron chi connectivity index (χ1n) is 8.33. The highest BCUT2D eigenvalue weighted by atomic mass is 19.1. The minimum Gasteiger partial charge on any atom is -0.393 e. The summed E-state index contributed by atoms with van der Waals surface area (Å²) in [7, 11) is 1.90. The van der Waals surface area contributed by atoms with Gasteiger partial charge in [-0.3, -0.25) is 0 Å². The van der Waals surface area contributed by atoms with E-state index in [1.54, 1.807) is 12.4 Å².